The van der Waals surface area contributed by atoms with Crippen LogP contribution in [0.5, 0.6) is 0 Å². The summed E-state index contributed by atoms with van der Waals surface area (Å²) < 4.78 is 0. The maximum atomic E-state index is 12.5. The summed E-state index contributed by atoms with van der Waals surface area (Å²) in [7, 11) is 0. The minimum atomic E-state index is -0.0756. The number of hydrogen-bond acceptors (Lipinski definition) is 2. The van der Waals surface area contributed by atoms with Crippen LogP contribution >= 0.6 is 11.6 Å². The molecule has 0 aliphatic rings. The van der Waals surface area contributed by atoms with Crippen molar-refractivity contribution in [2.75, 3.05) is 18.0 Å². The van der Waals surface area contributed by atoms with Gasteiger partial charge < -0.3 is 10.6 Å². The first kappa shape index (κ1) is 13.6. The molecule has 0 saturated heterocycles. The van der Waals surface area contributed by atoms with Gasteiger partial charge in [-0.1, -0.05) is 35.9 Å². The molecule has 19 heavy (non-hydrogen) atoms. The number of nitrogens with zero attached hydrogens (tertiary/aromatic N) is 1. The van der Waals surface area contributed by atoms with Gasteiger partial charge in [0.05, 0.1) is 0 Å². The zero-order valence-corrected chi connectivity index (χ0v) is 11.2. The number of amides is 1. The summed E-state index contributed by atoms with van der Waals surface area (Å²) in [6, 6.07) is 16.3. The maximum absolute atomic E-state index is 12.5. The summed E-state index contributed by atoms with van der Waals surface area (Å²) in [5.74, 6) is -0.0756. The van der Waals surface area contributed by atoms with Crippen LogP contribution in [0.2, 0.25) is 5.02 Å². The number of rotatable bonds is 4. The third kappa shape index (κ3) is 3.34. The number of halogens is 1. The average Bonchev–Trinajstić information content (AvgIpc) is 2.45. The van der Waals surface area contributed by atoms with E-state index in [9.17, 15) is 4.79 Å². The van der Waals surface area contributed by atoms with Crippen molar-refractivity contribution in [1.82, 2.24) is 0 Å². The predicted molar refractivity (Wildman–Crippen MR) is 78.6 cm³/mol. The quantitative estimate of drug-likeness (QED) is 0.932. The van der Waals surface area contributed by atoms with E-state index in [1.807, 2.05) is 30.3 Å². The van der Waals surface area contributed by atoms with Crippen LogP contribution in [0.4, 0.5) is 5.69 Å². The lowest BCUT2D eigenvalue weighted by Gasteiger charge is -2.22. The summed E-state index contributed by atoms with van der Waals surface area (Å²) in [6.45, 7) is 0.846. The fraction of sp³-hybridized carbons (Fsp3) is 0.133. The van der Waals surface area contributed by atoms with Crippen LogP contribution in [-0.2, 0) is 0 Å². The molecule has 0 heterocycles. The molecule has 0 aliphatic heterocycles. The molecule has 3 nitrogen and oxygen atoms in total. The lowest BCUT2D eigenvalue weighted by molar-refractivity contribution is 0.0987. The molecule has 0 spiro atoms. The Bertz CT molecular complexity index is 557. The van der Waals surface area contributed by atoms with Gasteiger partial charge >= 0.3 is 0 Å². The van der Waals surface area contributed by atoms with Gasteiger partial charge in [-0.3, -0.25) is 4.79 Å². The Balaban J connectivity index is 2.33. The summed E-state index contributed by atoms with van der Waals surface area (Å²) in [5.41, 5.74) is 6.99. The monoisotopic (exact) mass is 274 g/mol. The predicted octanol–water partition coefficient (Wildman–Crippen LogP) is 2.95. The Labute approximate surface area is 117 Å². The largest absolute Gasteiger partial charge is 0.329 e. The van der Waals surface area contributed by atoms with E-state index < -0.39 is 0 Å². The van der Waals surface area contributed by atoms with Gasteiger partial charge in [0, 0.05) is 29.4 Å². The minimum absolute atomic E-state index is 0.0756. The number of benzene rings is 2. The van der Waals surface area contributed by atoms with Crippen molar-refractivity contribution in [3.8, 4) is 0 Å². The number of hydrogen-bond donors (Lipinski definition) is 1. The highest BCUT2D eigenvalue weighted by molar-refractivity contribution is 6.31. The molecule has 0 radical (unpaired) electrons. The first-order valence-electron chi connectivity index (χ1n) is 6.05. The van der Waals surface area contributed by atoms with E-state index in [-0.39, 0.29) is 5.91 Å². The van der Waals surface area contributed by atoms with Gasteiger partial charge in [0.25, 0.3) is 5.91 Å². The van der Waals surface area contributed by atoms with Gasteiger partial charge in [0.1, 0.15) is 0 Å². The summed E-state index contributed by atoms with van der Waals surface area (Å²) >= 11 is 5.97. The van der Waals surface area contributed by atoms with Crippen LogP contribution in [-0.4, -0.2) is 19.0 Å². The number of anilines is 1. The van der Waals surface area contributed by atoms with Crippen molar-refractivity contribution < 1.29 is 4.79 Å². The molecule has 98 valence electrons. The Morgan fingerprint density at radius 2 is 1.84 bits per heavy atom. The lowest BCUT2D eigenvalue weighted by atomic mass is 10.2. The first-order chi connectivity index (χ1) is 9.22. The lowest BCUT2D eigenvalue weighted by Crippen LogP contribution is -2.35. The van der Waals surface area contributed by atoms with Crippen LogP contribution in [0, 0.1) is 0 Å². The smallest absolute Gasteiger partial charge is 0.258 e. The maximum Gasteiger partial charge on any atom is 0.258 e. The molecule has 1 amide bonds. The summed E-state index contributed by atoms with van der Waals surface area (Å²) in [4.78, 5) is 14.1. The highest BCUT2D eigenvalue weighted by Crippen LogP contribution is 2.21. The van der Waals surface area contributed by atoms with Crippen molar-refractivity contribution >= 4 is 23.2 Å². The van der Waals surface area contributed by atoms with Crippen LogP contribution in [0.25, 0.3) is 0 Å². The molecule has 4 heteroatoms. The van der Waals surface area contributed by atoms with Gasteiger partial charge in [0.2, 0.25) is 0 Å². The fourth-order valence-corrected chi connectivity index (χ4v) is 2.04. The Morgan fingerprint density at radius 3 is 2.47 bits per heavy atom. The molecule has 2 aromatic rings. The van der Waals surface area contributed by atoms with E-state index in [1.165, 1.54) is 0 Å². The molecule has 0 saturated carbocycles. The molecule has 0 aliphatic carbocycles. The second kappa shape index (κ2) is 6.36. The molecule has 2 rings (SSSR count). The van der Waals surface area contributed by atoms with Crippen molar-refractivity contribution in [3.63, 3.8) is 0 Å². The zero-order valence-electron chi connectivity index (χ0n) is 10.4. The molecular formula is C15H15ClN2O. The molecule has 0 fully saturated rings. The molecule has 0 atom stereocenters. The third-order valence-corrected chi connectivity index (χ3v) is 2.97. The van der Waals surface area contributed by atoms with Gasteiger partial charge in [-0.25, -0.2) is 0 Å². The number of carbonyl (C=O) groups is 1. The van der Waals surface area contributed by atoms with E-state index in [2.05, 4.69) is 0 Å². The average molecular weight is 275 g/mol. The van der Waals surface area contributed by atoms with Crippen LogP contribution in [0.3, 0.4) is 0 Å². The van der Waals surface area contributed by atoms with Gasteiger partial charge in [0.15, 0.2) is 0 Å². The van der Waals surface area contributed by atoms with E-state index in [1.54, 1.807) is 29.2 Å². The van der Waals surface area contributed by atoms with Crippen molar-refractivity contribution in [2.24, 2.45) is 5.73 Å². The molecule has 0 aromatic heterocycles. The van der Waals surface area contributed by atoms with Crippen LogP contribution < -0.4 is 10.6 Å². The minimum Gasteiger partial charge on any atom is -0.329 e. The topological polar surface area (TPSA) is 46.3 Å². The SMILES string of the molecule is NCCN(C(=O)c1ccccc1)c1cccc(Cl)c1. The second-order valence-corrected chi connectivity index (χ2v) is 4.53. The molecule has 0 unspecified atom stereocenters. The second-order valence-electron chi connectivity index (χ2n) is 4.09. The molecule has 2 N–H and O–H groups in total. The third-order valence-electron chi connectivity index (χ3n) is 2.74. The highest BCUT2D eigenvalue weighted by Gasteiger charge is 2.16. The zero-order chi connectivity index (χ0) is 13.7. The van der Waals surface area contributed by atoms with E-state index in [0.29, 0.717) is 23.7 Å². The first-order valence-corrected chi connectivity index (χ1v) is 6.42. The van der Waals surface area contributed by atoms with Gasteiger partial charge in [-0.05, 0) is 30.3 Å². The van der Waals surface area contributed by atoms with Gasteiger partial charge in [-0.2, -0.15) is 0 Å². The van der Waals surface area contributed by atoms with E-state index >= 15 is 0 Å². The van der Waals surface area contributed by atoms with Gasteiger partial charge in [-0.15, -0.1) is 0 Å². The van der Waals surface area contributed by atoms with Crippen molar-refractivity contribution in [2.45, 2.75) is 0 Å². The molecule has 0 bridgehead atoms. The number of nitrogens with two attached hydrogens (primary N) is 1. The normalized spacial score (nSPS) is 10.2. The van der Waals surface area contributed by atoms with Crippen LogP contribution in [0.15, 0.2) is 54.6 Å². The Morgan fingerprint density at radius 1 is 1.11 bits per heavy atom. The summed E-state index contributed by atoms with van der Waals surface area (Å²) in [5, 5.41) is 0.598. The Hall–Kier alpha value is -1.84. The highest BCUT2D eigenvalue weighted by atomic mass is 35.5. The fourth-order valence-electron chi connectivity index (χ4n) is 1.86. The molecular weight excluding hydrogens is 260 g/mol. The van der Waals surface area contributed by atoms with Crippen LogP contribution in [0.1, 0.15) is 10.4 Å². The number of carbonyl (C=O) groups excluding carboxylic acids is 1. The Kier molecular flexibility index (Phi) is 4.55. The van der Waals surface area contributed by atoms with E-state index in [0.717, 1.165) is 5.69 Å². The molecule has 2 aromatic carbocycles. The van der Waals surface area contributed by atoms with Crippen molar-refractivity contribution in [3.05, 3.63) is 65.2 Å². The summed E-state index contributed by atoms with van der Waals surface area (Å²) in [6.07, 6.45) is 0. The standard InChI is InChI=1S/C15H15ClN2O/c16-13-7-4-8-14(11-13)18(10-9-17)15(19)12-5-2-1-3-6-12/h1-8,11H,9-10,17H2. The van der Waals surface area contributed by atoms with E-state index in [4.69, 9.17) is 17.3 Å². The van der Waals surface area contributed by atoms with Crippen molar-refractivity contribution in [1.29, 1.82) is 0 Å².